The van der Waals surface area contributed by atoms with Gasteiger partial charge in [-0.2, -0.15) is 26.3 Å². The Morgan fingerprint density at radius 3 is 2.16 bits per heavy atom. The van der Waals surface area contributed by atoms with E-state index in [2.05, 4.69) is 5.32 Å². The molecule has 1 aromatic heterocycles. The van der Waals surface area contributed by atoms with E-state index in [0.717, 1.165) is 10.4 Å². The third-order valence-electron chi connectivity index (χ3n) is 5.34. The van der Waals surface area contributed by atoms with Crippen LogP contribution >= 0.6 is 23.7 Å². The van der Waals surface area contributed by atoms with E-state index in [9.17, 15) is 31.1 Å². The molecule has 2 atom stereocenters. The monoisotopic (exact) mass is 486 g/mol. The Morgan fingerprint density at radius 1 is 1.10 bits per heavy atom. The van der Waals surface area contributed by atoms with Gasteiger partial charge in [0.2, 0.25) is 0 Å². The van der Waals surface area contributed by atoms with Crippen molar-refractivity contribution < 1.29 is 31.1 Å². The molecule has 0 aliphatic carbocycles. The summed E-state index contributed by atoms with van der Waals surface area (Å²) in [6, 6.07) is 2.59. The van der Waals surface area contributed by atoms with Crippen LogP contribution in [0, 0.1) is 6.92 Å². The molecule has 0 spiro atoms. The Bertz CT molecular complexity index is 895. The number of nitrogens with zero attached hydrogens (tertiary/aromatic N) is 1. The van der Waals surface area contributed by atoms with E-state index in [1.54, 1.807) is 0 Å². The van der Waals surface area contributed by atoms with Crippen molar-refractivity contribution in [1.29, 1.82) is 0 Å². The smallest absolute Gasteiger partial charge is 0.338 e. The molecule has 1 saturated heterocycles. The van der Waals surface area contributed by atoms with Gasteiger partial charge in [-0.15, -0.1) is 23.7 Å². The number of aryl methyl sites for hydroxylation is 1. The standard InChI is InChI=1S/C20H20F6N2OS.ClH/c1-11-4-6-30-17(11)15-10-27-5-3-16(15)28(2)18(29)12-7-13(19(21,22)23)9-14(8-12)20(24,25)26;/h4,6-9,15-16,27H,3,5,10H2,1-2H3;1H/t15-,16-;/m1./s1. The second-order valence-corrected chi connectivity index (χ2v) is 8.29. The van der Waals surface area contributed by atoms with Crippen LogP contribution in [0.4, 0.5) is 26.3 Å². The van der Waals surface area contributed by atoms with Crippen molar-refractivity contribution in [2.45, 2.75) is 37.7 Å². The Morgan fingerprint density at radius 2 is 1.68 bits per heavy atom. The number of carbonyl (C=O) groups is 1. The van der Waals surface area contributed by atoms with Gasteiger partial charge in [-0.25, -0.2) is 0 Å². The summed E-state index contributed by atoms with van der Waals surface area (Å²) >= 11 is 1.52. The Kier molecular flexibility index (Phi) is 7.71. The SMILES string of the molecule is Cc1ccsc1[C@@H]1CNCC[C@H]1N(C)C(=O)c1cc(C(F)(F)F)cc(C(F)(F)F)c1.Cl. The Balaban J connectivity index is 0.00000341. The van der Waals surface area contributed by atoms with E-state index in [1.807, 2.05) is 18.4 Å². The summed E-state index contributed by atoms with van der Waals surface area (Å²) in [5.74, 6) is -0.960. The predicted octanol–water partition coefficient (Wildman–Crippen LogP) is 5.73. The fraction of sp³-hybridized carbons (Fsp3) is 0.450. The molecular formula is C20H21ClF6N2OS. The summed E-state index contributed by atoms with van der Waals surface area (Å²) in [5.41, 5.74) is -2.58. The van der Waals surface area contributed by atoms with Gasteiger partial charge in [-0.3, -0.25) is 4.79 Å². The van der Waals surface area contributed by atoms with Crippen LogP contribution in [0.5, 0.6) is 0 Å². The zero-order valence-electron chi connectivity index (χ0n) is 16.6. The predicted molar refractivity (Wildman–Crippen MR) is 109 cm³/mol. The number of hydrogen-bond donors (Lipinski definition) is 1. The number of alkyl halides is 6. The van der Waals surface area contributed by atoms with Crippen LogP contribution in [0.1, 0.15) is 44.3 Å². The lowest BCUT2D eigenvalue weighted by atomic mass is 9.89. The molecule has 1 N–H and O–H groups in total. The molecule has 1 aliphatic rings. The number of benzene rings is 1. The Labute approximate surface area is 185 Å². The van der Waals surface area contributed by atoms with Crippen molar-refractivity contribution in [2.24, 2.45) is 0 Å². The zero-order chi connectivity index (χ0) is 22.3. The van der Waals surface area contributed by atoms with Crippen LogP contribution in [0.25, 0.3) is 0 Å². The average molecular weight is 487 g/mol. The minimum Gasteiger partial charge on any atom is -0.338 e. The van der Waals surface area contributed by atoms with Gasteiger partial charge in [-0.1, -0.05) is 0 Å². The number of piperidine rings is 1. The number of hydrogen-bond acceptors (Lipinski definition) is 3. The van der Waals surface area contributed by atoms with Gasteiger partial charge in [0, 0.05) is 36.0 Å². The molecule has 1 aromatic carbocycles. The van der Waals surface area contributed by atoms with E-state index in [-0.39, 0.29) is 30.4 Å². The third kappa shape index (κ3) is 5.53. The number of rotatable bonds is 3. The second kappa shape index (κ2) is 9.38. The van der Waals surface area contributed by atoms with Gasteiger partial charge in [-0.05, 0) is 55.1 Å². The number of amides is 1. The maximum absolute atomic E-state index is 13.1. The fourth-order valence-corrected chi connectivity index (χ4v) is 4.86. The highest BCUT2D eigenvalue weighted by Crippen LogP contribution is 2.38. The van der Waals surface area contributed by atoms with Crippen LogP contribution in [0.15, 0.2) is 29.6 Å². The van der Waals surface area contributed by atoms with Crippen LogP contribution in [0.3, 0.4) is 0 Å². The number of halogens is 7. The minimum atomic E-state index is -5.00. The first-order chi connectivity index (χ1) is 13.9. The molecule has 31 heavy (non-hydrogen) atoms. The van der Waals surface area contributed by atoms with Gasteiger partial charge in [0.25, 0.3) is 5.91 Å². The molecule has 2 heterocycles. The van der Waals surface area contributed by atoms with E-state index in [0.29, 0.717) is 31.6 Å². The fourth-order valence-electron chi connectivity index (χ4n) is 3.77. The average Bonchev–Trinajstić information content (AvgIpc) is 3.11. The maximum atomic E-state index is 13.1. The number of thiophene rings is 1. The molecule has 3 nitrogen and oxygen atoms in total. The van der Waals surface area contributed by atoms with Gasteiger partial charge in [0.15, 0.2) is 0 Å². The highest BCUT2D eigenvalue weighted by molar-refractivity contribution is 7.10. The molecule has 1 fully saturated rings. The van der Waals surface area contributed by atoms with Gasteiger partial charge < -0.3 is 10.2 Å². The van der Waals surface area contributed by atoms with E-state index < -0.39 is 35.0 Å². The van der Waals surface area contributed by atoms with Gasteiger partial charge in [0.1, 0.15) is 0 Å². The van der Waals surface area contributed by atoms with Crippen molar-refractivity contribution in [2.75, 3.05) is 20.1 Å². The molecule has 3 rings (SSSR count). The molecular weight excluding hydrogens is 466 g/mol. The van der Waals surface area contributed by atoms with E-state index in [4.69, 9.17) is 0 Å². The summed E-state index contributed by atoms with van der Waals surface area (Å²) in [4.78, 5) is 15.3. The molecule has 0 saturated carbocycles. The molecule has 1 aliphatic heterocycles. The number of carbonyl (C=O) groups excluding carboxylic acids is 1. The molecule has 2 aromatic rings. The lowest BCUT2D eigenvalue weighted by Gasteiger charge is -2.38. The summed E-state index contributed by atoms with van der Waals surface area (Å²) in [7, 11) is 1.43. The van der Waals surface area contributed by atoms with E-state index in [1.165, 1.54) is 23.3 Å². The van der Waals surface area contributed by atoms with Crippen LogP contribution < -0.4 is 5.32 Å². The number of nitrogens with one attached hydrogen (secondary N) is 1. The summed E-state index contributed by atoms with van der Waals surface area (Å²) in [6.07, 6.45) is -9.46. The molecule has 1 amide bonds. The summed E-state index contributed by atoms with van der Waals surface area (Å²) in [5, 5.41) is 5.16. The lowest BCUT2D eigenvalue weighted by molar-refractivity contribution is -0.143. The molecule has 11 heteroatoms. The minimum absolute atomic E-state index is 0. The first-order valence-corrected chi connectivity index (χ1v) is 10.1. The van der Waals surface area contributed by atoms with Crippen LogP contribution in [-0.4, -0.2) is 37.0 Å². The lowest BCUT2D eigenvalue weighted by Crippen LogP contribution is -2.49. The van der Waals surface area contributed by atoms with Crippen molar-refractivity contribution in [3.05, 3.63) is 56.8 Å². The van der Waals surface area contributed by atoms with Gasteiger partial charge >= 0.3 is 12.4 Å². The first-order valence-electron chi connectivity index (χ1n) is 9.21. The van der Waals surface area contributed by atoms with Crippen LogP contribution in [-0.2, 0) is 12.4 Å². The largest absolute Gasteiger partial charge is 0.416 e. The number of likely N-dealkylation sites (N-methyl/N-ethyl adjacent to an activating group) is 1. The van der Waals surface area contributed by atoms with Crippen molar-refractivity contribution in [3.63, 3.8) is 0 Å². The normalized spacial score (nSPS) is 19.6. The summed E-state index contributed by atoms with van der Waals surface area (Å²) in [6.45, 7) is 3.10. The van der Waals surface area contributed by atoms with Crippen molar-refractivity contribution in [1.82, 2.24) is 10.2 Å². The highest BCUT2D eigenvalue weighted by Gasteiger charge is 2.39. The first kappa shape index (κ1) is 25.5. The quantitative estimate of drug-likeness (QED) is 0.562. The third-order valence-corrected chi connectivity index (χ3v) is 6.49. The molecule has 0 unspecified atom stereocenters. The topological polar surface area (TPSA) is 32.3 Å². The van der Waals surface area contributed by atoms with Crippen molar-refractivity contribution >= 4 is 29.7 Å². The Hall–Kier alpha value is -1.78. The maximum Gasteiger partial charge on any atom is 0.416 e. The van der Waals surface area contributed by atoms with E-state index >= 15 is 0 Å². The highest BCUT2D eigenvalue weighted by atomic mass is 35.5. The van der Waals surface area contributed by atoms with Crippen LogP contribution in [0.2, 0.25) is 0 Å². The van der Waals surface area contributed by atoms with Gasteiger partial charge in [0.05, 0.1) is 11.1 Å². The molecule has 172 valence electrons. The van der Waals surface area contributed by atoms with Crippen molar-refractivity contribution in [3.8, 4) is 0 Å². The summed E-state index contributed by atoms with van der Waals surface area (Å²) < 4.78 is 78.9. The second-order valence-electron chi connectivity index (χ2n) is 7.35. The molecule has 0 bridgehead atoms. The zero-order valence-corrected chi connectivity index (χ0v) is 18.2. The molecule has 0 radical (unpaired) electrons.